The van der Waals surface area contributed by atoms with Crippen molar-refractivity contribution in [2.45, 2.75) is 61.5 Å². The third kappa shape index (κ3) is 3.64. The maximum atomic E-state index is 14.1. The second-order valence-corrected chi connectivity index (χ2v) is 5.48. The summed E-state index contributed by atoms with van der Waals surface area (Å²) < 4.78 is 29.0. The summed E-state index contributed by atoms with van der Waals surface area (Å²) in [7, 11) is 0. The summed E-state index contributed by atoms with van der Waals surface area (Å²) in [5, 5.41) is 66.2. The summed E-state index contributed by atoms with van der Waals surface area (Å²) in [5.41, 5.74) is 0. The van der Waals surface area contributed by atoms with Crippen molar-refractivity contribution in [1.82, 2.24) is 0 Å². The van der Waals surface area contributed by atoms with Gasteiger partial charge in [-0.1, -0.05) is 0 Å². The lowest BCUT2D eigenvalue weighted by Crippen LogP contribution is -2.63. The minimum Gasteiger partial charge on any atom is -0.394 e. The van der Waals surface area contributed by atoms with Crippen LogP contribution < -0.4 is 0 Å². The van der Waals surface area contributed by atoms with Crippen LogP contribution in [0.5, 0.6) is 0 Å². The van der Waals surface area contributed by atoms with Gasteiger partial charge in [-0.15, -0.1) is 0 Å². The highest BCUT2D eigenvalue weighted by atomic mass is 19.1. The molecule has 10 atom stereocenters. The number of aliphatic hydroxyl groups is 7. The van der Waals surface area contributed by atoms with Crippen molar-refractivity contribution in [2.24, 2.45) is 0 Å². The molecule has 2 aliphatic rings. The van der Waals surface area contributed by atoms with E-state index in [2.05, 4.69) is 0 Å². The first kappa shape index (κ1) is 18.9. The molecule has 1 unspecified atom stereocenters. The zero-order valence-electron chi connectivity index (χ0n) is 11.9. The average Bonchev–Trinajstić information content (AvgIpc) is 2.55. The Morgan fingerprint density at radius 2 is 1.39 bits per heavy atom. The molecule has 0 spiro atoms. The van der Waals surface area contributed by atoms with Crippen molar-refractivity contribution in [3.8, 4) is 0 Å². The molecule has 2 fully saturated rings. The quantitative estimate of drug-likeness (QED) is 0.264. The third-order valence-electron chi connectivity index (χ3n) is 3.94. The van der Waals surface area contributed by atoms with Gasteiger partial charge in [0.2, 0.25) is 0 Å². The van der Waals surface area contributed by atoms with Crippen LogP contribution in [0.25, 0.3) is 0 Å². The molecule has 2 rings (SSSR count). The topological polar surface area (TPSA) is 169 Å². The van der Waals surface area contributed by atoms with Gasteiger partial charge in [0.1, 0.15) is 42.7 Å². The Hall–Kier alpha value is -0.470. The smallest absolute Gasteiger partial charge is 0.192 e. The van der Waals surface area contributed by atoms with E-state index in [1.165, 1.54) is 0 Å². The van der Waals surface area contributed by atoms with Crippen LogP contribution in [0.2, 0.25) is 0 Å². The first-order chi connectivity index (χ1) is 10.8. The second kappa shape index (κ2) is 7.61. The van der Waals surface area contributed by atoms with Crippen LogP contribution in [0, 0.1) is 0 Å². The number of ether oxygens (including phenoxy) is 3. The Morgan fingerprint density at radius 1 is 0.783 bits per heavy atom. The molecule has 0 amide bonds. The molecule has 0 aromatic rings. The number of rotatable bonds is 4. The fourth-order valence-electron chi connectivity index (χ4n) is 2.55. The normalized spacial score (nSPS) is 51.7. The Balaban J connectivity index is 2.11. The van der Waals surface area contributed by atoms with Crippen molar-refractivity contribution >= 4 is 0 Å². The Morgan fingerprint density at radius 3 is 1.96 bits per heavy atom. The molecule has 0 aromatic heterocycles. The van der Waals surface area contributed by atoms with Gasteiger partial charge in [0.25, 0.3) is 0 Å². The highest BCUT2D eigenvalue weighted by Crippen LogP contribution is 2.29. The van der Waals surface area contributed by atoms with E-state index in [1.807, 2.05) is 0 Å². The van der Waals surface area contributed by atoms with Crippen LogP contribution in [0.4, 0.5) is 4.39 Å². The van der Waals surface area contributed by atoms with Crippen molar-refractivity contribution in [3.63, 3.8) is 0 Å². The van der Waals surface area contributed by atoms with E-state index in [4.69, 9.17) is 19.3 Å². The summed E-state index contributed by atoms with van der Waals surface area (Å²) in [4.78, 5) is 0. The molecule has 136 valence electrons. The Bertz CT molecular complexity index is 383. The zero-order valence-corrected chi connectivity index (χ0v) is 11.9. The fourth-order valence-corrected chi connectivity index (χ4v) is 2.55. The van der Waals surface area contributed by atoms with Crippen LogP contribution in [-0.2, 0) is 14.2 Å². The average molecular weight is 344 g/mol. The molecule has 10 nitrogen and oxygen atoms in total. The molecular weight excluding hydrogens is 323 g/mol. The number of alkyl halides is 1. The molecule has 0 saturated carbocycles. The number of halogens is 1. The standard InChI is InChI=1S/C12H21FO10/c13-5-7(17)6(16)3(1-14)22-12(5)23-10-4(2-15)21-11(20)9(19)8(10)18/h3-12,14-20H,1-2H2/t3-,4-,5-,6-,7-,8-,9-,10-,11?,12-/m1/s1. The number of aliphatic hydroxyl groups excluding tert-OH is 7. The van der Waals surface area contributed by atoms with Gasteiger partial charge in [0.05, 0.1) is 13.2 Å². The minimum atomic E-state index is -2.22. The lowest BCUT2D eigenvalue weighted by Gasteiger charge is -2.44. The molecule has 0 aliphatic carbocycles. The van der Waals surface area contributed by atoms with Gasteiger partial charge in [-0.2, -0.15) is 0 Å². The van der Waals surface area contributed by atoms with Crippen LogP contribution >= 0.6 is 0 Å². The molecule has 23 heavy (non-hydrogen) atoms. The first-order valence-electron chi connectivity index (χ1n) is 7.04. The molecule has 11 heteroatoms. The van der Waals surface area contributed by atoms with Crippen LogP contribution in [-0.4, -0.2) is 110 Å². The maximum absolute atomic E-state index is 14.1. The van der Waals surface area contributed by atoms with E-state index in [9.17, 15) is 35.0 Å². The number of hydrogen-bond acceptors (Lipinski definition) is 10. The molecule has 7 N–H and O–H groups in total. The maximum Gasteiger partial charge on any atom is 0.192 e. The lowest BCUT2D eigenvalue weighted by atomic mass is 9.97. The first-order valence-corrected chi connectivity index (χ1v) is 7.04. The highest BCUT2D eigenvalue weighted by Gasteiger charge is 2.50. The summed E-state index contributed by atoms with van der Waals surface area (Å²) in [6.45, 7) is -1.44. The SMILES string of the molecule is OC[C@H]1O[C@H](O[C@H]2[C@H](O)[C@@H](O)C(O)O[C@@H]2CO)[C@H](F)[C@@H](O)[C@@H]1O. The molecule has 2 saturated heterocycles. The van der Waals surface area contributed by atoms with Gasteiger partial charge < -0.3 is 50.0 Å². The molecule has 2 heterocycles. The predicted octanol–water partition coefficient (Wildman–Crippen LogP) is -4.42. The van der Waals surface area contributed by atoms with Crippen LogP contribution in [0.3, 0.4) is 0 Å². The predicted molar refractivity (Wildman–Crippen MR) is 67.5 cm³/mol. The van der Waals surface area contributed by atoms with Crippen LogP contribution in [0.1, 0.15) is 0 Å². The van der Waals surface area contributed by atoms with E-state index < -0.39 is 74.7 Å². The van der Waals surface area contributed by atoms with Gasteiger partial charge >= 0.3 is 0 Å². The van der Waals surface area contributed by atoms with Crippen LogP contribution in [0.15, 0.2) is 0 Å². The minimum absolute atomic E-state index is 0.718. The fraction of sp³-hybridized carbons (Fsp3) is 1.00. The third-order valence-corrected chi connectivity index (χ3v) is 3.94. The van der Waals surface area contributed by atoms with E-state index >= 15 is 0 Å². The van der Waals surface area contributed by atoms with Crippen molar-refractivity contribution in [1.29, 1.82) is 0 Å². The summed E-state index contributed by atoms with van der Waals surface area (Å²) >= 11 is 0. The highest BCUT2D eigenvalue weighted by molar-refractivity contribution is 4.93. The second-order valence-electron chi connectivity index (χ2n) is 5.48. The van der Waals surface area contributed by atoms with Gasteiger partial charge in [0, 0.05) is 0 Å². The summed E-state index contributed by atoms with van der Waals surface area (Å²) in [5.74, 6) is 0. The zero-order chi connectivity index (χ0) is 17.3. The molecule has 0 aromatic carbocycles. The monoisotopic (exact) mass is 344 g/mol. The van der Waals surface area contributed by atoms with Gasteiger partial charge in [-0.25, -0.2) is 4.39 Å². The molecule has 0 bridgehead atoms. The van der Waals surface area contributed by atoms with Gasteiger partial charge in [0.15, 0.2) is 18.8 Å². The Kier molecular flexibility index (Phi) is 6.24. The Labute approximate surface area is 130 Å². The van der Waals surface area contributed by atoms with Gasteiger partial charge in [-0.3, -0.25) is 0 Å². The van der Waals surface area contributed by atoms with Crippen molar-refractivity contribution < 1.29 is 54.3 Å². The van der Waals surface area contributed by atoms with Crippen molar-refractivity contribution in [3.05, 3.63) is 0 Å². The van der Waals surface area contributed by atoms with E-state index in [-0.39, 0.29) is 0 Å². The largest absolute Gasteiger partial charge is 0.394 e. The molecule has 0 radical (unpaired) electrons. The number of hydrogen-bond donors (Lipinski definition) is 7. The van der Waals surface area contributed by atoms with Gasteiger partial charge in [-0.05, 0) is 0 Å². The van der Waals surface area contributed by atoms with E-state index in [0.717, 1.165) is 0 Å². The van der Waals surface area contributed by atoms with E-state index in [1.54, 1.807) is 0 Å². The van der Waals surface area contributed by atoms with E-state index in [0.29, 0.717) is 0 Å². The summed E-state index contributed by atoms with van der Waals surface area (Å²) in [6, 6.07) is 0. The molecular formula is C12H21FO10. The van der Waals surface area contributed by atoms with Crippen molar-refractivity contribution in [2.75, 3.05) is 13.2 Å². The molecule has 2 aliphatic heterocycles. The summed E-state index contributed by atoms with van der Waals surface area (Å²) in [6.07, 6.45) is -17.0. The lowest BCUT2D eigenvalue weighted by molar-refractivity contribution is -0.348.